The second kappa shape index (κ2) is 9.96. The van der Waals surface area contributed by atoms with E-state index in [-0.39, 0.29) is 18.7 Å². The number of morpholine rings is 1. The van der Waals surface area contributed by atoms with Crippen LogP contribution in [0.25, 0.3) is 0 Å². The molecule has 1 amide bonds. The molecule has 1 aliphatic rings. The Balaban J connectivity index is 1.80. The Morgan fingerprint density at radius 2 is 2.00 bits per heavy atom. The number of ether oxygens (including phenoxy) is 1. The minimum absolute atomic E-state index is 0.174. The Labute approximate surface area is 154 Å². The van der Waals surface area contributed by atoms with Crippen molar-refractivity contribution in [1.29, 1.82) is 0 Å². The van der Waals surface area contributed by atoms with Crippen LogP contribution < -0.4 is 5.32 Å². The monoisotopic (exact) mass is 387 g/mol. The summed E-state index contributed by atoms with van der Waals surface area (Å²) in [5.41, 5.74) is 0.234. The zero-order chi connectivity index (χ0) is 19.0. The molecule has 9 heteroatoms. The number of carbonyl (C=O) groups excluding carboxylic acids is 1. The van der Waals surface area contributed by atoms with Crippen LogP contribution in [-0.2, 0) is 26.1 Å². The number of hydrogen-bond donors (Lipinski definition) is 1. The van der Waals surface area contributed by atoms with Crippen LogP contribution in [0.15, 0.2) is 24.3 Å². The van der Waals surface area contributed by atoms with Crippen molar-refractivity contribution in [3.8, 4) is 0 Å². The molecule has 146 valence electrons. The molecule has 1 aromatic rings. The highest BCUT2D eigenvalue weighted by Gasteiger charge is 2.21. The van der Waals surface area contributed by atoms with Crippen LogP contribution in [-0.4, -0.2) is 75.7 Å². The van der Waals surface area contributed by atoms with E-state index in [1.807, 2.05) is 0 Å². The van der Waals surface area contributed by atoms with Gasteiger partial charge in [-0.1, -0.05) is 18.2 Å². The topological polar surface area (TPSA) is 79.0 Å². The summed E-state index contributed by atoms with van der Waals surface area (Å²) in [5.74, 6) is -0.888. The molecule has 0 bridgehead atoms. The second-order valence-electron chi connectivity index (χ2n) is 6.28. The normalized spacial score (nSPS) is 16.0. The van der Waals surface area contributed by atoms with Crippen molar-refractivity contribution < 1.29 is 22.3 Å². The van der Waals surface area contributed by atoms with E-state index in [1.165, 1.54) is 18.2 Å². The van der Waals surface area contributed by atoms with Gasteiger partial charge in [0.05, 0.1) is 26.0 Å². The molecule has 1 N–H and O–H groups in total. The second-order valence-corrected chi connectivity index (χ2v) is 8.26. The SMILES string of the molecule is CS(=O)(=O)N(CC(=O)NCCCN1CCOCC1)Cc1ccccc1F. The number of amides is 1. The lowest BCUT2D eigenvalue weighted by molar-refractivity contribution is -0.121. The zero-order valence-electron chi connectivity index (χ0n) is 15.0. The molecule has 7 nitrogen and oxygen atoms in total. The molecule has 1 aliphatic heterocycles. The van der Waals surface area contributed by atoms with E-state index in [0.717, 1.165) is 49.8 Å². The van der Waals surface area contributed by atoms with E-state index in [2.05, 4.69) is 10.2 Å². The van der Waals surface area contributed by atoms with E-state index in [4.69, 9.17) is 4.74 Å². The summed E-state index contributed by atoms with van der Waals surface area (Å²) in [4.78, 5) is 14.3. The van der Waals surface area contributed by atoms with Gasteiger partial charge in [0, 0.05) is 31.7 Å². The summed E-state index contributed by atoms with van der Waals surface area (Å²) in [7, 11) is -3.64. The Morgan fingerprint density at radius 3 is 2.65 bits per heavy atom. The van der Waals surface area contributed by atoms with Crippen LogP contribution in [0.3, 0.4) is 0 Å². The fourth-order valence-electron chi connectivity index (χ4n) is 2.68. The van der Waals surface area contributed by atoms with Crippen molar-refractivity contribution in [2.45, 2.75) is 13.0 Å². The van der Waals surface area contributed by atoms with Crippen LogP contribution in [0.4, 0.5) is 4.39 Å². The first-order chi connectivity index (χ1) is 12.4. The lowest BCUT2D eigenvalue weighted by Crippen LogP contribution is -2.41. The van der Waals surface area contributed by atoms with Gasteiger partial charge in [0.1, 0.15) is 5.82 Å². The number of benzene rings is 1. The fraction of sp³-hybridized carbons (Fsp3) is 0.588. The van der Waals surface area contributed by atoms with E-state index in [1.54, 1.807) is 6.07 Å². The van der Waals surface area contributed by atoms with Crippen LogP contribution in [0.5, 0.6) is 0 Å². The van der Waals surface area contributed by atoms with Crippen molar-refractivity contribution in [2.24, 2.45) is 0 Å². The van der Waals surface area contributed by atoms with Crippen molar-refractivity contribution in [1.82, 2.24) is 14.5 Å². The summed E-state index contributed by atoms with van der Waals surface area (Å²) in [6.07, 6.45) is 1.79. The number of carbonyl (C=O) groups is 1. The van der Waals surface area contributed by atoms with E-state index >= 15 is 0 Å². The quantitative estimate of drug-likeness (QED) is 0.622. The van der Waals surface area contributed by atoms with E-state index in [9.17, 15) is 17.6 Å². The van der Waals surface area contributed by atoms with Gasteiger partial charge in [0.25, 0.3) is 0 Å². The van der Waals surface area contributed by atoms with Crippen molar-refractivity contribution in [3.63, 3.8) is 0 Å². The van der Waals surface area contributed by atoms with Gasteiger partial charge in [-0.3, -0.25) is 9.69 Å². The smallest absolute Gasteiger partial charge is 0.235 e. The Kier molecular flexibility index (Phi) is 7.95. The van der Waals surface area contributed by atoms with E-state index in [0.29, 0.717) is 6.54 Å². The first-order valence-corrected chi connectivity index (χ1v) is 10.5. The van der Waals surface area contributed by atoms with Gasteiger partial charge in [-0.05, 0) is 19.0 Å². The number of halogens is 1. The standard InChI is InChI=1S/C17H26FN3O4S/c1-26(23,24)21(13-15-5-2-3-6-16(15)18)14-17(22)19-7-4-8-20-9-11-25-12-10-20/h2-3,5-6H,4,7-14H2,1H3,(H,19,22). The molecule has 0 saturated carbocycles. The average Bonchev–Trinajstić information content (AvgIpc) is 2.60. The van der Waals surface area contributed by atoms with Gasteiger partial charge >= 0.3 is 0 Å². The lowest BCUT2D eigenvalue weighted by atomic mass is 10.2. The summed E-state index contributed by atoms with van der Waals surface area (Å²) < 4.78 is 43.9. The maximum Gasteiger partial charge on any atom is 0.235 e. The predicted octanol–water partition coefficient (Wildman–Crippen LogP) is 0.426. The van der Waals surface area contributed by atoms with Crippen molar-refractivity contribution in [3.05, 3.63) is 35.6 Å². The van der Waals surface area contributed by atoms with Gasteiger partial charge in [-0.15, -0.1) is 0 Å². The minimum Gasteiger partial charge on any atom is -0.379 e. The number of sulfonamides is 1. The largest absolute Gasteiger partial charge is 0.379 e. The molecule has 2 rings (SSSR count). The van der Waals surface area contributed by atoms with Crippen LogP contribution in [0.2, 0.25) is 0 Å². The zero-order valence-corrected chi connectivity index (χ0v) is 15.8. The molecule has 0 atom stereocenters. The summed E-state index contributed by atoms with van der Waals surface area (Å²) in [6, 6.07) is 5.94. The van der Waals surface area contributed by atoms with Crippen LogP contribution in [0, 0.1) is 5.82 Å². The third-order valence-corrected chi connectivity index (χ3v) is 5.37. The number of nitrogens with one attached hydrogen (secondary N) is 1. The molecule has 0 unspecified atom stereocenters. The molecule has 26 heavy (non-hydrogen) atoms. The number of hydrogen-bond acceptors (Lipinski definition) is 5. The van der Waals surface area contributed by atoms with E-state index < -0.39 is 21.7 Å². The van der Waals surface area contributed by atoms with Crippen LogP contribution in [0.1, 0.15) is 12.0 Å². The Hall–Kier alpha value is -1.55. The highest BCUT2D eigenvalue weighted by atomic mass is 32.2. The minimum atomic E-state index is -3.64. The predicted molar refractivity (Wildman–Crippen MR) is 96.5 cm³/mol. The van der Waals surface area contributed by atoms with Gasteiger partial charge in [0.15, 0.2) is 0 Å². The third-order valence-electron chi connectivity index (χ3n) is 4.17. The van der Waals surface area contributed by atoms with Crippen molar-refractivity contribution >= 4 is 15.9 Å². The highest BCUT2D eigenvalue weighted by molar-refractivity contribution is 7.88. The molecule has 0 aromatic heterocycles. The van der Waals surface area contributed by atoms with Gasteiger partial charge < -0.3 is 10.1 Å². The third kappa shape index (κ3) is 6.99. The number of rotatable bonds is 9. The Bertz CT molecular complexity index is 693. The fourth-order valence-corrected chi connectivity index (χ4v) is 3.40. The van der Waals surface area contributed by atoms with Crippen molar-refractivity contribution in [2.75, 3.05) is 52.2 Å². The average molecular weight is 387 g/mol. The van der Waals surface area contributed by atoms with Gasteiger partial charge in [-0.25, -0.2) is 12.8 Å². The molecule has 0 radical (unpaired) electrons. The first kappa shape index (κ1) is 20.8. The summed E-state index contributed by atoms with van der Waals surface area (Å²) in [5, 5.41) is 2.73. The molecule has 1 heterocycles. The molecule has 1 fully saturated rings. The lowest BCUT2D eigenvalue weighted by Gasteiger charge is -2.26. The van der Waals surface area contributed by atoms with Crippen LogP contribution >= 0.6 is 0 Å². The molecule has 1 aromatic carbocycles. The van der Waals surface area contributed by atoms with Gasteiger partial charge in [-0.2, -0.15) is 4.31 Å². The molecular formula is C17H26FN3O4S. The molecule has 0 aliphatic carbocycles. The number of nitrogens with zero attached hydrogens (tertiary/aromatic N) is 2. The van der Waals surface area contributed by atoms with Gasteiger partial charge in [0.2, 0.25) is 15.9 Å². The Morgan fingerprint density at radius 1 is 1.31 bits per heavy atom. The highest BCUT2D eigenvalue weighted by Crippen LogP contribution is 2.12. The molecule has 0 spiro atoms. The maximum atomic E-state index is 13.8. The maximum absolute atomic E-state index is 13.8. The summed E-state index contributed by atoms with van der Waals surface area (Å²) >= 11 is 0. The first-order valence-electron chi connectivity index (χ1n) is 8.61. The summed E-state index contributed by atoms with van der Waals surface area (Å²) in [6.45, 7) is 4.05. The molecule has 1 saturated heterocycles. The molecular weight excluding hydrogens is 361 g/mol.